The zero-order valence-electron chi connectivity index (χ0n) is 12.7. The highest BCUT2D eigenvalue weighted by Crippen LogP contribution is 2.28. The molecule has 0 amide bonds. The summed E-state index contributed by atoms with van der Waals surface area (Å²) >= 11 is 0. The monoisotopic (exact) mass is 332 g/mol. The van der Waals surface area contributed by atoms with Crippen LogP contribution in [-0.4, -0.2) is 29.9 Å². The van der Waals surface area contributed by atoms with E-state index < -0.39 is 6.61 Å². The van der Waals surface area contributed by atoms with Crippen molar-refractivity contribution in [2.24, 2.45) is 5.10 Å². The number of hydrogen-bond acceptors (Lipinski definition) is 5. The van der Waals surface area contributed by atoms with Crippen molar-refractivity contribution < 1.29 is 18.3 Å². The van der Waals surface area contributed by atoms with Crippen molar-refractivity contribution in [1.82, 2.24) is 9.97 Å². The number of imidazole rings is 1. The minimum Gasteiger partial charge on any atom is -0.493 e. The number of nitrogens with one attached hydrogen (secondary N) is 2. The molecule has 0 fully saturated rings. The molecule has 1 heterocycles. The van der Waals surface area contributed by atoms with Gasteiger partial charge in [0, 0.05) is 0 Å². The van der Waals surface area contributed by atoms with Crippen LogP contribution in [0.2, 0.25) is 0 Å². The molecule has 8 heteroatoms. The fourth-order valence-corrected chi connectivity index (χ4v) is 2.13. The summed E-state index contributed by atoms with van der Waals surface area (Å²) < 4.78 is 34.0. The minimum atomic E-state index is -2.91. The molecule has 124 valence electrons. The van der Waals surface area contributed by atoms with Gasteiger partial charge in [-0.05, 0) is 35.9 Å². The Morgan fingerprint density at radius 3 is 2.79 bits per heavy atom. The Morgan fingerprint density at radius 1 is 1.21 bits per heavy atom. The number of hydrogen-bond donors (Lipinski definition) is 2. The summed E-state index contributed by atoms with van der Waals surface area (Å²) in [6.07, 6.45) is 1.52. The average Bonchev–Trinajstić information content (AvgIpc) is 2.98. The summed E-state index contributed by atoms with van der Waals surface area (Å²) in [6.45, 7) is -2.91. The second-order valence-corrected chi connectivity index (χ2v) is 4.76. The Hall–Kier alpha value is -3.16. The third-order valence-corrected chi connectivity index (χ3v) is 3.18. The van der Waals surface area contributed by atoms with Crippen LogP contribution in [0.25, 0.3) is 11.0 Å². The molecule has 0 bridgehead atoms. The number of aromatic amines is 1. The molecule has 0 atom stereocenters. The van der Waals surface area contributed by atoms with Gasteiger partial charge in [-0.3, -0.25) is 0 Å². The fourth-order valence-electron chi connectivity index (χ4n) is 2.13. The third kappa shape index (κ3) is 3.60. The number of anilines is 1. The van der Waals surface area contributed by atoms with E-state index in [0.717, 1.165) is 11.0 Å². The van der Waals surface area contributed by atoms with E-state index in [1.54, 1.807) is 12.1 Å². The van der Waals surface area contributed by atoms with Gasteiger partial charge >= 0.3 is 6.61 Å². The maximum atomic E-state index is 12.3. The predicted octanol–water partition coefficient (Wildman–Crippen LogP) is 3.62. The number of aromatic nitrogens is 2. The van der Waals surface area contributed by atoms with Gasteiger partial charge in [-0.25, -0.2) is 10.4 Å². The van der Waals surface area contributed by atoms with Crippen molar-refractivity contribution in [2.75, 3.05) is 12.5 Å². The minimum absolute atomic E-state index is 0.0325. The van der Waals surface area contributed by atoms with E-state index >= 15 is 0 Å². The van der Waals surface area contributed by atoms with Crippen molar-refractivity contribution in [3.05, 3.63) is 48.0 Å². The van der Waals surface area contributed by atoms with Crippen molar-refractivity contribution in [3.63, 3.8) is 0 Å². The SMILES string of the molecule is COc1cc(/C=N/Nc2nc3ccccc3[nH]2)ccc1OC(F)F. The highest BCUT2D eigenvalue weighted by atomic mass is 19.3. The Labute approximate surface area is 136 Å². The van der Waals surface area contributed by atoms with Crippen molar-refractivity contribution in [3.8, 4) is 11.5 Å². The van der Waals surface area contributed by atoms with Gasteiger partial charge in [0.25, 0.3) is 0 Å². The normalized spacial score (nSPS) is 11.3. The molecule has 0 radical (unpaired) electrons. The van der Waals surface area contributed by atoms with Gasteiger partial charge in [0.15, 0.2) is 11.5 Å². The quantitative estimate of drug-likeness (QED) is 0.534. The van der Waals surface area contributed by atoms with Crippen LogP contribution in [0.1, 0.15) is 5.56 Å². The summed E-state index contributed by atoms with van der Waals surface area (Å²) in [6, 6.07) is 12.1. The second kappa shape index (κ2) is 6.95. The van der Waals surface area contributed by atoms with E-state index in [1.807, 2.05) is 24.3 Å². The number of fused-ring (bicyclic) bond motifs is 1. The summed E-state index contributed by atoms with van der Waals surface area (Å²) in [7, 11) is 1.38. The lowest BCUT2D eigenvalue weighted by atomic mass is 10.2. The Morgan fingerprint density at radius 2 is 2.04 bits per heavy atom. The molecule has 0 aliphatic rings. The number of halogens is 2. The summed E-state index contributed by atoms with van der Waals surface area (Å²) in [4.78, 5) is 7.39. The molecule has 6 nitrogen and oxygen atoms in total. The van der Waals surface area contributed by atoms with Gasteiger partial charge in [0.2, 0.25) is 5.95 Å². The Bertz CT molecular complexity index is 831. The third-order valence-electron chi connectivity index (χ3n) is 3.18. The van der Waals surface area contributed by atoms with Crippen LogP contribution in [0, 0.1) is 0 Å². The number of alkyl halides is 2. The smallest absolute Gasteiger partial charge is 0.387 e. The number of methoxy groups -OCH3 is 1. The molecule has 2 aromatic carbocycles. The molecule has 0 saturated carbocycles. The highest BCUT2D eigenvalue weighted by molar-refractivity contribution is 5.82. The molecule has 0 spiro atoms. The van der Waals surface area contributed by atoms with Crippen molar-refractivity contribution in [2.45, 2.75) is 6.61 Å². The number of rotatable bonds is 6. The molecule has 3 aromatic rings. The fraction of sp³-hybridized carbons (Fsp3) is 0.125. The Kier molecular flexibility index (Phi) is 4.55. The standard InChI is InChI=1S/C16H14F2N4O2/c1-23-14-8-10(6-7-13(14)24-15(17)18)9-19-22-16-20-11-4-2-3-5-12(11)21-16/h2-9,15H,1H3,(H2,20,21,22)/b19-9+. The van der Waals surface area contributed by atoms with Crippen LogP contribution in [0.5, 0.6) is 11.5 Å². The molecular weight excluding hydrogens is 318 g/mol. The molecule has 0 aliphatic carbocycles. The van der Waals surface area contributed by atoms with E-state index in [-0.39, 0.29) is 11.5 Å². The number of H-pyrrole nitrogens is 1. The molecule has 0 unspecified atom stereocenters. The molecular formula is C16H14F2N4O2. The van der Waals surface area contributed by atoms with E-state index in [2.05, 4.69) is 25.2 Å². The van der Waals surface area contributed by atoms with Crippen LogP contribution in [-0.2, 0) is 0 Å². The maximum absolute atomic E-state index is 12.3. The molecule has 1 aromatic heterocycles. The molecule has 2 N–H and O–H groups in total. The van der Waals surface area contributed by atoms with Gasteiger partial charge in [-0.15, -0.1) is 0 Å². The molecule has 24 heavy (non-hydrogen) atoms. The number of nitrogens with zero attached hydrogens (tertiary/aromatic N) is 2. The average molecular weight is 332 g/mol. The van der Waals surface area contributed by atoms with Gasteiger partial charge in [-0.1, -0.05) is 12.1 Å². The summed E-state index contributed by atoms with van der Waals surface area (Å²) in [5.41, 5.74) is 5.15. The first kappa shape index (κ1) is 15.7. The van der Waals surface area contributed by atoms with Crippen LogP contribution in [0.3, 0.4) is 0 Å². The van der Waals surface area contributed by atoms with Crippen LogP contribution >= 0.6 is 0 Å². The zero-order valence-corrected chi connectivity index (χ0v) is 12.7. The number of para-hydroxylation sites is 2. The van der Waals surface area contributed by atoms with Gasteiger partial charge in [-0.2, -0.15) is 13.9 Å². The number of ether oxygens (including phenoxy) is 2. The van der Waals surface area contributed by atoms with Gasteiger partial charge in [0.05, 0.1) is 24.4 Å². The first-order chi connectivity index (χ1) is 11.7. The van der Waals surface area contributed by atoms with E-state index in [1.165, 1.54) is 19.4 Å². The first-order valence-electron chi connectivity index (χ1n) is 7.02. The van der Waals surface area contributed by atoms with Crippen molar-refractivity contribution in [1.29, 1.82) is 0 Å². The Balaban J connectivity index is 1.71. The molecule has 0 aliphatic heterocycles. The van der Waals surface area contributed by atoms with Crippen molar-refractivity contribution >= 4 is 23.2 Å². The summed E-state index contributed by atoms with van der Waals surface area (Å²) in [5.74, 6) is 0.662. The number of benzene rings is 2. The predicted molar refractivity (Wildman–Crippen MR) is 86.9 cm³/mol. The van der Waals surface area contributed by atoms with Crippen LogP contribution < -0.4 is 14.9 Å². The van der Waals surface area contributed by atoms with E-state index in [9.17, 15) is 8.78 Å². The zero-order chi connectivity index (χ0) is 16.9. The van der Waals surface area contributed by atoms with Gasteiger partial charge < -0.3 is 14.5 Å². The summed E-state index contributed by atoms with van der Waals surface area (Å²) in [5, 5.41) is 4.06. The van der Waals surface area contributed by atoms with E-state index in [0.29, 0.717) is 11.5 Å². The lowest BCUT2D eigenvalue weighted by molar-refractivity contribution is -0.0512. The largest absolute Gasteiger partial charge is 0.493 e. The van der Waals surface area contributed by atoms with E-state index in [4.69, 9.17) is 4.74 Å². The van der Waals surface area contributed by atoms with Crippen LogP contribution in [0.4, 0.5) is 14.7 Å². The lowest BCUT2D eigenvalue weighted by Crippen LogP contribution is -2.03. The second-order valence-electron chi connectivity index (χ2n) is 4.76. The topological polar surface area (TPSA) is 71.5 Å². The maximum Gasteiger partial charge on any atom is 0.387 e. The van der Waals surface area contributed by atoms with Gasteiger partial charge in [0.1, 0.15) is 0 Å². The van der Waals surface area contributed by atoms with Crippen LogP contribution in [0.15, 0.2) is 47.6 Å². The first-order valence-corrected chi connectivity index (χ1v) is 7.02. The molecule has 0 saturated heterocycles. The molecule has 3 rings (SSSR count). The highest BCUT2D eigenvalue weighted by Gasteiger charge is 2.10. The lowest BCUT2D eigenvalue weighted by Gasteiger charge is -2.09. The number of hydrazone groups is 1.